The van der Waals surface area contributed by atoms with Gasteiger partial charge in [0.15, 0.2) is 17.4 Å². The molecule has 0 atom stereocenters. The summed E-state index contributed by atoms with van der Waals surface area (Å²) in [6.45, 7) is 0. The number of nitrogens with zero attached hydrogens (tertiary/aromatic N) is 2. The van der Waals surface area contributed by atoms with Gasteiger partial charge in [-0.15, -0.1) is 0 Å². The van der Waals surface area contributed by atoms with Crippen molar-refractivity contribution >= 4 is 5.69 Å². The van der Waals surface area contributed by atoms with Crippen molar-refractivity contribution in [2.45, 2.75) is 0 Å². The lowest BCUT2D eigenvalue weighted by molar-refractivity contribution is 0.418. The molecule has 82 valence electrons. The van der Waals surface area contributed by atoms with Crippen LogP contribution in [0.25, 0.3) is 11.4 Å². The zero-order chi connectivity index (χ0) is 11.5. The SMILES string of the molecule is COc1c(N)cccc1-c1ncc(F)cn1. The number of ether oxygens (including phenoxy) is 1. The number of halogens is 1. The summed E-state index contributed by atoms with van der Waals surface area (Å²) >= 11 is 0. The first-order valence-electron chi connectivity index (χ1n) is 4.63. The van der Waals surface area contributed by atoms with Crippen LogP contribution in [0.4, 0.5) is 10.1 Å². The number of nitrogens with two attached hydrogens (primary N) is 1. The summed E-state index contributed by atoms with van der Waals surface area (Å²) in [6, 6.07) is 5.24. The predicted molar refractivity (Wildman–Crippen MR) is 58.4 cm³/mol. The van der Waals surface area contributed by atoms with Gasteiger partial charge in [0.25, 0.3) is 0 Å². The molecule has 2 aromatic rings. The van der Waals surface area contributed by atoms with Crippen LogP contribution in [0.2, 0.25) is 0 Å². The lowest BCUT2D eigenvalue weighted by Crippen LogP contribution is -1.97. The standard InChI is InChI=1S/C11H10FN3O/c1-16-10-8(3-2-4-9(10)13)11-14-5-7(12)6-15-11/h2-6H,13H2,1H3. The van der Waals surface area contributed by atoms with Crippen LogP contribution < -0.4 is 10.5 Å². The van der Waals surface area contributed by atoms with Crippen LogP contribution in [0.3, 0.4) is 0 Å². The molecule has 0 fully saturated rings. The summed E-state index contributed by atoms with van der Waals surface area (Å²) in [4.78, 5) is 7.75. The van der Waals surface area contributed by atoms with Crippen molar-refractivity contribution in [3.8, 4) is 17.1 Å². The van der Waals surface area contributed by atoms with Gasteiger partial charge >= 0.3 is 0 Å². The zero-order valence-electron chi connectivity index (χ0n) is 8.64. The molecule has 0 saturated carbocycles. The lowest BCUT2D eigenvalue weighted by atomic mass is 10.1. The smallest absolute Gasteiger partial charge is 0.163 e. The number of hydrogen-bond acceptors (Lipinski definition) is 4. The van der Waals surface area contributed by atoms with Gasteiger partial charge in [0, 0.05) is 0 Å². The molecule has 4 nitrogen and oxygen atoms in total. The summed E-state index contributed by atoms with van der Waals surface area (Å²) in [7, 11) is 1.51. The molecular weight excluding hydrogens is 209 g/mol. The highest BCUT2D eigenvalue weighted by Gasteiger charge is 2.10. The summed E-state index contributed by atoms with van der Waals surface area (Å²) in [6.07, 6.45) is 2.20. The summed E-state index contributed by atoms with van der Waals surface area (Å²) in [5.41, 5.74) is 6.88. The topological polar surface area (TPSA) is 61.0 Å². The Bertz CT molecular complexity index is 499. The minimum atomic E-state index is -0.480. The van der Waals surface area contributed by atoms with Crippen LogP contribution in [-0.2, 0) is 0 Å². The Morgan fingerprint density at radius 2 is 1.94 bits per heavy atom. The molecule has 0 amide bonds. The van der Waals surface area contributed by atoms with Crippen LogP contribution in [0.5, 0.6) is 5.75 Å². The first-order valence-corrected chi connectivity index (χ1v) is 4.63. The highest BCUT2D eigenvalue weighted by Crippen LogP contribution is 2.32. The maximum absolute atomic E-state index is 12.7. The van der Waals surface area contributed by atoms with Gasteiger partial charge in [0.1, 0.15) is 0 Å². The van der Waals surface area contributed by atoms with Crippen molar-refractivity contribution < 1.29 is 9.13 Å². The van der Waals surface area contributed by atoms with Gasteiger partial charge in [0.05, 0.1) is 30.8 Å². The second-order valence-corrected chi connectivity index (χ2v) is 3.15. The largest absolute Gasteiger partial charge is 0.494 e. The van der Waals surface area contributed by atoms with E-state index in [0.717, 1.165) is 12.4 Å². The average Bonchev–Trinajstić information content (AvgIpc) is 2.30. The number of benzene rings is 1. The van der Waals surface area contributed by atoms with Crippen molar-refractivity contribution in [3.05, 3.63) is 36.4 Å². The summed E-state index contributed by atoms with van der Waals surface area (Å²) in [5, 5.41) is 0. The number of nitrogen functional groups attached to an aromatic ring is 1. The third-order valence-corrected chi connectivity index (χ3v) is 2.11. The third kappa shape index (κ3) is 1.79. The van der Waals surface area contributed by atoms with Gasteiger partial charge in [-0.1, -0.05) is 6.07 Å². The van der Waals surface area contributed by atoms with Gasteiger partial charge in [-0.05, 0) is 12.1 Å². The van der Waals surface area contributed by atoms with Crippen LogP contribution >= 0.6 is 0 Å². The third-order valence-electron chi connectivity index (χ3n) is 2.11. The normalized spacial score (nSPS) is 10.1. The van der Waals surface area contributed by atoms with Crippen LogP contribution in [0.1, 0.15) is 0 Å². The number of aromatic nitrogens is 2. The monoisotopic (exact) mass is 219 g/mol. The number of hydrogen-bond donors (Lipinski definition) is 1. The fourth-order valence-corrected chi connectivity index (χ4v) is 1.41. The van der Waals surface area contributed by atoms with E-state index in [1.165, 1.54) is 7.11 Å². The minimum absolute atomic E-state index is 0.380. The molecule has 0 bridgehead atoms. The van der Waals surface area contributed by atoms with Crippen LogP contribution in [-0.4, -0.2) is 17.1 Å². The summed E-state index contributed by atoms with van der Waals surface area (Å²) < 4.78 is 17.8. The van der Waals surface area contributed by atoms with Gasteiger partial charge in [-0.3, -0.25) is 0 Å². The Morgan fingerprint density at radius 3 is 2.56 bits per heavy atom. The van der Waals surface area contributed by atoms with Gasteiger partial charge in [-0.2, -0.15) is 0 Å². The van der Waals surface area contributed by atoms with E-state index in [-0.39, 0.29) is 0 Å². The molecule has 0 aliphatic heterocycles. The van der Waals surface area contributed by atoms with E-state index < -0.39 is 5.82 Å². The molecule has 0 radical (unpaired) electrons. The van der Waals surface area contributed by atoms with Crippen molar-refractivity contribution in [1.29, 1.82) is 0 Å². The lowest BCUT2D eigenvalue weighted by Gasteiger charge is -2.09. The second kappa shape index (κ2) is 4.14. The van der Waals surface area contributed by atoms with Crippen molar-refractivity contribution in [1.82, 2.24) is 9.97 Å². The van der Waals surface area contributed by atoms with Crippen LogP contribution in [0.15, 0.2) is 30.6 Å². The Kier molecular flexibility index (Phi) is 2.68. The molecular formula is C11H10FN3O. The Balaban J connectivity index is 2.55. The van der Waals surface area contributed by atoms with Gasteiger partial charge < -0.3 is 10.5 Å². The van der Waals surface area contributed by atoms with Crippen molar-refractivity contribution in [3.63, 3.8) is 0 Å². The highest BCUT2D eigenvalue weighted by molar-refractivity contribution is 5.72. The molecule has 0 spiro atoms. The van der Waals surface area contributed by atoms with Crippen molar-refractivity contribution in [2.24, 2.45) is 0 Å². The van der Waals surface area contributed by atoms with E-state index in [1.54, 1.807) is 18.2 Å². The Morgan fingerprint density at radius 1 is 1.25 bits per heavy atom. The quantitative estimate of drug-likeness (QED) is 0.783. The van der Waals surface area contributed by atoms with E-state index in [9.17, 15) is 4.39 Å². The second-order valence-electron chi connectivity index (χ2n) is 3.15. The molecule has 2 rings (SSSR count). The molecule has 5 heteroatoms. The maximum atomic E-state index is 12.7. The molecule has 1 aromatic heterocycles. The molecule has 0 aliphatic rings. The molecule has 0 saturated heterocycles. The molecule has 0 unspecified atom stereocenters. The number of rotatable bonds is 2. The maximum Gasteiger partial charge on any atom is 0.163 e. The van der Waals surface area contributed by atoms with E-state index in [0.29, 0.717) is 22.8 Å². The number of para-hydroxylation sites is 1. The zero-order valence-corrected chi connectivity index (χ0v) is 8.64. The minimum Gasteiger partial charge on any atom is -0.494 e. The van der Waals surface area contributed by atoms with Crippen LogP contribution in [0, 0.1) is 5.82 Å². The molecule has 2 N–H and O–H groups in total. The predicted octanol–water partition coefficient (Wildman–Crippen LogP) is 1.87. The van der Waals surface area contributed by atoms with E-state index in [2.05, 4.69) is 9.97 Å². The van der Waals surface area contributed by atoms with Gasteiger partial charge in [0.2, 0.25) is 0 Å². The Labute approximate surface area is 91.9 Å². The van der Waals surface area contributed by atoms with E-state index >= 15 is 0 Å². The molecule has 1 heterocycles. The summed E-state index contributed by atoms with van der Waals surface area (Å²) in [5.74, 6) is 0.395. The Hall–Kier alpha value is -2.17. The van der Waals surface area contributed by atoms with Crippen molar-refractivity contribution in [2.75, 3.05) is 12.8 Å². The first-order chi connectivity index (χ1) is 7.72. The highest BCUT2D eigenvalue weighted by atomic mass is 19.1. The fraction of sp³-hybridized carbons (Fsp3) is 0.0909. The number of anilines is 1. The van der Waals surface area contributed by atoms with E-state index in [4.69, 9.17) is 10.5 Å². The van der Waals surface area contributed by atoms with E-state index in [1.807, 2.05) is 0 Å². The molecule has 16 heavy (non-hydrogen) atoms. The number of methoxy groups -OCH3 is 1. The molecule has 0 aliphatic carbocycles. The fourth-order valence-electron chi connectivity index (χ4n) is 1.41. The first kappa shape index (κ1) is 10.4. The van der Waals surface area contributed by atoms with Gasteiger partial charge in [-0.25, -0.2) is 14.4 Å². The average molecular weight is 219 g/mol. The molecule has 1 aromatic carbocycles.